The first-order chi connectivity index (χ1) is 8.25. The molecule has 0 saturated heterocycles. The Balaban J connectivity index is 1.89. The molecule has 1 aromatic carbocycles. The fourth-order valence-electron chi connectivity index (χ4n) is 2.63. The van der Waals surface area contributed by atoms with Gasteiger partial charge in [-0.05, 0) is 36.5 Å². The van der Waals surface area contributed by atoms with E-state index >= 15 is 0 Å². The summed E-state index contributed by atoms with van der Waals surface area (Å²) < 4.78 is 2.02. The summed E-state index contributed by atoms with van der Waals surface area (Å²) in [6, 6.07) is 8.19. The number of hydrogen-bond acceptors (Lipinski definition) is 3. The van der Waals surface area contributed by atoms with Crippen LogP contribution in [0, 0.1) is 0 Å². The number of rotatable bonds is 2. The third kappa shape index (κ3) is 1.69. The number of anilines is 1. The number of aryl methyl sites for hydroxylation is 1. The van der Waals surface area contributed by atoms with Crippen LogP contribution in [0.5, 0.6) is 0 Å². The molecule has 1 saturated carbocycles. The molecule has 88 valence electrons. The first-order valence-corrected chi connectivity index (χ1v) is 5.95. The first-order valence-electron chi connectivity index (χ1n) is 5.95. The lowest BCUT2D eigenvalue weighted by Crippen LogP contribution is -2.24. The van der Waals surface area contributed by atoms with E-state index in [2.05, 4.69) is 22.3 Å². The van der Waals surface area contributed by atoms with Crippen LogP contribution in [-0.2, 0) is 7.05 Å². The van der Waals surface area contributed by atoms with Gasteiger partial charge in [-0.2, -0.15) is 0 Å². The molecular weight excluding hydrogens is 212 g/mol. The fraction of sp³-hybridized carbons (Fsp3) is 0.385. The van der Waals surface area contributed by atoms with Crippen molar-refractivity contribution in [1.29, 1.82) is 0 Å². The van der Waals surface area contributed by atoms with E-state index in [0.29, 0.717) is 11.8 Å². The average Bonchev–Trinajstić information content (AvgIpc) is 2.63. The molecule has 17 heavy (non-hydrogen) atoms. The molecule has 3 rings (SSSR count). The van der Waals surface area contributed by atoms with Gasteiger partial charge in [-0.1, -0.05) is 12.1 Å². The van der Waals surface area contributed by atoms with E-state index in [-0.39, 0.29) is 0 Å². The van der Waals surface area contributed by atoms with E-state index in [1.54, 1.807) is 6.33 Å². The molecule has 0 radical (unpaired) electrons. The van der Waals surface area contributed by atoms with Crippen LogP contribution in [0.1, 0.15) is 36.1 Å². The van der Waals surface area contributed by atoms with E-state index in [4.69, 9.17) is 5.73 Å². The van der Waals surface area contributed by atoms with Crippen LogP contribution in [-0.4, -0.2) is 14.8 Å². The highest BCUT2D eigenvalue weighted by Gasteiger charge is 2.36. The second-order valence-corrected chi connectivity index (χ2v) is 4.76. The normalized spacial score (nSPS) is 23.4. The highest BCUT2D eigenvalue weighted by molar-refractivity contribution is 5.43. The van der Waals surface area contributed by atoms with Gasteiger partial charge in [0.25, 0.3) is 0 Å². The molecule has 4 heteroatoms. The maximum atomic E-state index is 5.84. The summed E-state index contributed by atoms with van der Waals surface area (Å²) in [5.74, 6) is 2.12. The Bertz CT molecular complexity index is 532. The van der Waals surface area contributed by atoms with Gasteiger partial charge in [0.05, 0.1) is 0 Å². The molecule has 1 aromatic heterocycles. The molecule has 0 aliphatic heterocycles. The van der Waals surface area contributed by atoms with Crippen molar-refractivity contribution in [2.75, 3.05) is 5.73 Å². The molecule has 0 spiro atoms. The van der Waals surface area contributed by atoms with Crippen LogP contribution in [0.3, 0.4) is 0 Å². The molecular formula is C13H16N4. The minimum Gasteiger partial charge on any atom is -0.399 e. The molecule has 1 fully saturated rings. The Morgan fingerprint density at radius 3 is 2.71 bits per heavy atom. The van der Waals surface area contributed by atoms with E-state index in [0.717, 1.165) is 11.5 Å². The second-order valence-electron chi connectivity index (χ2n) is 4.76. The molecule has 2 aromatic rings. The Kier molecular flexibility index (Phi) is 2.35. The lowest BCUT2D eigenvalue weighted by molar-refractivity contribution is 0.326. The Morgan fingerprint density at radius 1 is 1.29 bits per heavy atom. The van der Waals surface area contributed by atoms with Gasteiger partial charge >= 0.3 is 0 Å². The molecule has 1 aliphatic carbocycles. The molecule has 4 nitrogen and oxygen atoms in total. The number of benzene rings is 1. The highest BCUT2D eigenvalue weighted by atomic mass is 15.2. The predicted octanol–water partition coefficient (Wildman–Crippen LogP) is 2.06. The number of nitrogen functional groups attached to an aromatic ring is 1. The zero-order chi connectivity index (χ0) is 11.8. The lowest BCUT2D eigenvalue weighted by atomic mass is 9.69. The molecule has 1 heterocycles. The van der Waals surface area contributed by atoms with Gasteiger partial charge in [-0.15, -0.1) is 10.2 Å². The fourth-order valence-corrected chi connectivity index (χ4v) is 2.63. The first kappa shape index (κ1) is 10.3. The van der Waals surface area contributed by atoms with Crippen molar-refractivity contribution in [2.24, 2.45) is 7.05 Å². The van der Waals surface area contributed by atoms with Crippen LogP contribution >= 0.6 is 0 Å². The smallest absolute Gasteiger partial charge is 0.136 e. The summed E-state index contributed by atoms with van der Waals surface area (Å²) in [4.78, 5) is 0. The van der Waals surface area contributed by atoms with Crippen molar-refractivity contribution >= 4 is 5.69 Å². The Hall–Kier alpha value is -1.84. The minimum atomic E-state index is 0.490. The van der Waals surface area contributed by atoms with Gasteiger partial charge in [-0.3, -0.25) is 0 Å². The van der Waals surface area contributed by atoms with Gasteiger partial charge in [0, 0.05) is 18.7 Å². The van der Waals surface area contributed by atoms with Crippen molar-refractivity contribution in [2.45, 2.75) is 24.7 Å². The Morgan fingerprint density at radius 2 is 2.12 bits per heavy atom. The maximum absolute atomic E-state index is 5.84. The largest absolute Gasteiger partial charge is 0.399 e. The standard InChI is InChI=1S/C13H16N4/c1-17-8-15-16-13(17)12-6-5-11(12)9-3-2-4-10(14)7-9/h2-4,7-8,11-12H,5-6,14H2,1H3. The van der Waals surface area contributed by atoms with Gasteiger partial charge < -0.3 is 10.3 Å². The number of aromatic nitrogens is 3. The summed E-state index contributed by atoms with van der Waals surface area (Å²) in [6.45, 7) is 0. The monoisotopic (exact) mass is 228 g/mol. The van der Waals surface area contributed by atoms with Crippen molar-refractivity contribution < 1.29 is 0 Å². The quantitative estimate of drug-likeness (QED) is 0.800. The average molecular weight is 228 g/mol. The van der Waals surface area contributed by atoms with Gasteiger partial charge in [0.1, 0.15) is 12.2 Å². The summed E-state index contributed by atoms with van der Waals surface area (Å²) >= 11 is 0. The topological polar surface area (TPSA) is 56.7 Å². The van der Waals surface area contributed by atoms with Gasteiger partial charge in [0.15, 0.2) is 0 Å². The lowest BCUT2D eigenvalue weighted by Gasteiger charge is -2.36. The molecule has 2 unspecified atom stereocenters. The van der Waals surface area contributed by atoms with E-state index in [1.165, 1.54) is 18.4 Å². The van der Waals surface area contributed by atoms with Crippen LogP contribution in [0.15, 0.2) is 30.6 Å². The second kappa shape index (κ2) is 3.87. The van der Waals surface area contributed by atoms with Crippen molar-refractivity contribution in [1.82, 2.24) is 14.8 Å². The van der Waals surface area contributed by atoms with Crippen molar-refractivity contribution in [3.8, 4) is 0 Å². The number of hydrogen-bond donors (Lipinski definition) is 1. The van der Waals surface area contributed by atoms with Crippen LogP contribution in [0.2, 0.25) is 0 Å². The molecule has 1 aliphatic rings. The summed E-state index contributed by atoms with van der Waals surface area (Å²) in [5, 5.41) is 8.18. The number of nitrogens with zero attached hydrogens (tertiary/aromatic N) is 3. The van der Waals surface area contributed by atoms with Crippen LogP contribution in [0.25, 0.3) is 0 Å². The van der Waals surface area contributed by atoms with Crippen LogP contribution in [0.4, 0.5) is 5.69 Å². The molecule has 2 atom stereocenters. The van der Waals surface area contributed by atoms with Gasteiger partial charge in [-0.25, -0.2) is 0 Å². The third-order valence-electron chi connectivity index (χ3n) is 3.69. The predicted molar refractivity (Wildman–Crippen MR) is 66.6 cm³/mol. The molecule has 0 bridgehead atoms. The zero-order valence-corrected chi connectivity index (χ0v) is 9.87. The number of nitrogens with two attached hydrogens (primary N) is 1. The van der Waals surface area contributed by atoms with Gasteiger partial charge in [0.2, 0.25) is 0 Å². The minimum absolute atomic E-state index is 0.490. The summed E-state index contributed by atoms with van der Waals surface area (Å²) in [6.07, 6.45) is 4.16. The van der Waals surface area contributed by atoms with E-state index in [9.17, 15) is 0 Å². The SMILES string of the molecule is Cn1cnnc1C1CCC1c1cccc(N)c1. The van der Waals surface area contributed by atoms with E-state index < -0.39 is 0 Å². The molecule has 2 N–H and O–H groups in total. The van der Waals surface area contributed by atoms with Crippen molar-refractivity contribution in [3.05, 3.63) is 42.0 Å². The maximum Gasteiger partial charge on any atom is 0.136 e. The van der Waals surface area contributed by atoms with Crippen molar-refractivity contribution in [3.63, 3.8) is 0 Å². The summed E-state index contributed by atoms with van der Waals surface area (Å²) in [5.41, 5.74) is 8.00. The zero-order valence-electron chi connectivity index (χ0n) is 9.87. The highest BCUT2D eigenvalue weighted by Crippen LogP contribution is 2.48. The third-order valence-corrected chi connectivity index (χ3v) is 3.69. The molecule has 0 amide bonds. The summed E-state index contributed by atoms with van der Waals surface area (Å²) in [7, 11) is 2.00. The Labute approximate surface area is 100 Å². The van der Waals surface area contributed by atoms with Crippen LogP contribution < -0.4 is 5.73 Å². The van der Waals surface area contributed by atoms with E-state index in [1.807, 2.05) is 23.7 Å².